The smallest absolute Gasteiger partial charge is 0.370 e. The highest BCUT2D eigenvalue weighted by molar-refractivity contribution is 7.12. The minimum absolute atomic E-state index is 0.0233. The van der Waals surface area contributed by atoms with Crippen molar-refractivity contribution in [1.29, 1.82) is 0 Å². The van der Waals surface area contributed by atoms with Crippen LogP contribution in [0.3, 0.4) is 0 Å². The zero-order valence-corrected chi connectivity index (χ0v) is 11.5. The van der Waals surface area contributed by atoms with Crippen molar-refractivity contribution in [3.05, 3.63) is 21.9 Å². The molecule has 2 nitrogen and oxygen atoms in total. The van der Waals surface area contributed by atoms with Crippen LogP contribution in [-0.4, -0.2) is 19.4 Å². The van der Waals surface area contributed by atoms with Crippen molar-refractivity contribution in [2.75, 3.05) is 13.2 Å². The van der Waals surface area contributed by atoms with Gasteiger partial charge < -0.3 is 10.5 Å². The van der Waals surface area contributed by atoms with Gasteiger partial charge in [-0.3, -0.25) is 0 Å². The Morgan fingerprint density at radius 2 is 1.89 bits per heavy atom. The molecule has 0 aromatic carbocycles. The summed E-state index contributed by atoms with van der Waals surface area (Å²) < 4.78 is 40.3. The third kappa shape index (κ3) is 4.96. The summed E-state index contributed by atoms with van der Waals surface area (Å²) in [5.74, 6) is 0. The maximum atomic E-state index is 11.9. The van der Waals surface area contributed by atoms with Gasteiger partial charge in [-0.2, -0.15) is 13.2 Å². The van der Waals surface area contributed by atoms with Gasteiger partial charge in [0.2, 0.25) is 0 Å². The van der Waals surface area contributed by atoms with Crippen molar-refractivity contribution in [2.45, 2.75) is 38.4 Å². The van der Waals surface area contributed by atoms with E-state index in [-0.39, 0.29) is 12.0 Å². The second-order valence-corrected chi connectivity index (χ2v) is 6.30. The van der Waals surface area contributed by atoms with E-state index >= 15 is 0 Å². The quantitative estimate of drug-likeness (QED) is 0.914. The normalized spacial score (nSPS) is 14.8. The van der Waals surface area contributed by atoms with Crippen LogP contribution in [0.2, 0.25) is 0 Å². The van der Waals surface area contributed by atoms with Gasteiger partial charge in [0.05, 0.1) is 12.6 Å². The molecule has 0 radical (unpaired) electrons. The van der Waals surface area contributed by atoms with Gasteiger partial charge in [0.15, 0.2) is 0 Å². The Bertz CT molecular complexity index is 381. The largest absolute Gasteiger partial charge is 0.411 e. The summed E-state index contributed by atoms with van der Waals surface area (Å²) in [6.45, 7) is 4.86. The zero-order valence-electron chi connectivity index (χ0n) is 10.7. The molecule has 0 spiro atoms. The van der Waals surface area contributed by atoms with E-state index < -0.39 is 18.8 Å². The molecular weight excluding hydrogens is 263 g/mol. The Kier molecular flexibility index (Phi) is 4.80. The number of rotatable bonds is 4. The number of thiophene rings is 1. The SMILES string of the molecule is CC(C)(C)c1ccc(C(N)COCC(F)(F)F)s1. The zero-order chi connectivity index (χ0) is 14.0. The van der Waals surface area contributed by atoms with Gasteiger partial charge in [-0.05, 0) is 17.5 Å². The van der Waals surface area contributed by atoms with Gasteiger partial charge in [0, 0.05) is 9.75 Å². The molecule has 0 saturated carbocycles. The molecule has 1 aromatic heterocycles. The van der Waals surface area contributed by atoms with E-state index in [4.69, 9.17) is 5.73 Å². The first-order chi connectivity index (χ1) is 8.09. The van der Waals surface area contributed by atoms with Crippen molar-refractivity contribution in [3.63, 3.8) is 0 Å². The third-order valence-electron chi connectivity index (χ3n) is 2.29. The van der Waals surface area contributed by atoms with E-state index in [2.05, 4.69) is 25.5 Å². The fourth-order valence-corrected chi connectivity index (χ4v) is 2.39. The molecule has 0 fully saturated rings. The summed E-state index contributed by atoms with van der Waals surface area (Å²) in [7, 11) is 0. The van der Waals surface area contributed by atoms with Gasteiger partial charge in [-0.1, -0.05) is 20.8 Å². The second kappa shape index (κ2) is 5.59. The molecule has 1 atom stereocenters. The minimum Gasteiger partial charge on any atom is -0.370 e. The maximum Gasteiger partial charge on any atom is 0.411 e. The van der Waals surface area contributed by atoms with E-state index in [1.807, 2.05) is 12.1 Å². The Labute approximate surface area is 109 Å². The van der Waals surface area contributed by atoms with Crippen LogP contribution >= 0.6 is 11.3 Å². The van der Waals surface area contributed by atoms with Crippen LogP contribution in [0, 0.1) is 0 Å². The first kappa shape index (κ1) is 15.5. The number of hydrogen-bond acceptors (Lipinski definition) is 3. The van der Waals surface area contributed by atoms with Crippen LogP contribution in [0.15, 0.2) is 12.1 Å². The lowest BCUT2D eigenvalue weighted by Crippen LogP contribution is -2.22. The highest BCUT2D eigenvalue weighted by Gasteiger charge is 2.28. The molecule has 18 heavy (non-hydrogen) atoms. The van der Waals surface area contributed by atoms with Crippen LogP contribution in [-0.2, 0) is 10.2 Å². The summed E-state index contributed by atoms with van der Waals surface area (Å²) in [5, 5.41) is 0. The average molecular weight is 281 g/mol. The van der Waals surface area contributed by atoms with E-state index in [1.54, 1.807) is 0 Å². The van der Waals surface area contributed by atoms with E-state index in [1.165, 1.54) is 11.3 Å². The number of halogens is 3. The van der Waals surface area contributed by atoms with Crippen molar-refractivity contribution in [1.82, 2.24) is 0 Å². The van der Waals surface area contributed by atoms with Crippen molar-refractivity contribution in [3.8, 4) is 0 Å². The Balaban J connectivity index is 2.52. The first-order valence-electron chi connectivity index (χ1n) is 5.60. The fraction of sp³-hybridized carbons (Fsp3) is 0.667. The lowest BCUT2D eigenvalue weighted by Gasteiger charge is -2.16. The van der Waals surface area contributed by atoms with Gasteiger partial charge in [0.1, 0.15) is 6.61 Å². The van der Waals surface area contributed by atoms with Crippen molar-refractivity contribution in [2.24, 2.45) is 5.73 Å². The predicted molar refractivity (Wildman–Crippen MR) is 66.8 cm³/mol. The minimum atomic E-state index is -4.30. The molecule has 1 heterocycles. The highest BCUT2D eigenvalue weighted by Crippen LogP contribution is 2.31. The summed E-state index contributed by atoms with van der Waals surface area (Å²) in [5.41, 5.74) is 5.82. The predicted octanol–water partition coefficient (Wildman–Crippen LogP) is 3.62. The number of ether oxygens (including phenoxy) is 1. The molecule has 0 aliphatic rings. The Morgan fingerprint density at radius 1 is 1.28 bits per heavy atom. The highest BCUT2D eigenvalue weighted by atomic mass is 32.1. The molecule has 1 aromatic rings. The molecular formula is C12H18F3NOS. The summed E-state index contributed by atoms with van der Waals surface area (Å²) in [4.78, 5) is 2.01. The first-order valence-corrected chi connectivity index (χ1v) is 6.41. The summed E-state index contributed by atoms with van der Waals surface area (Å²) in [6, 6.07) is 3.31. The standard InChI is InChI=1S/C12H18F3NOS/c1-11(2,3)10-5-4-9(18-10)8(16)6-17-7-12(13,14)15/h4-5,8H,6-7,16H2,1-3H3. The van der Waals surface area contributed by atoms with Crippen LogP contribution in [0.1, 0.15) is 36.6 Å². The van der Waals surface area contributed by atoms with E-state index in [9.17, 15) is 13.2 Å². The second-order valence-electron chi connectivity index (χ2n) is 5.19. The molecule has 1 unspecified atom stereocenters. The number of hydrogen-bond donors (Lipinski definition) is 1. The molecule has 0 aliphatic carbocycles. The molecule has 2 N–H and O–H groups in total. The Morgan fingerprint density at radius 3 is 2.33 bits per heavy atom. The molecule has 0 aliphatic heterocycles. The monoisotopic (exact) mass is 281 g/mol. The lowest BCUT2D eigenvalue weighted by molar-refractivity contribution is -0.174. The van der Waals surface area contributed by atoms with Gasteiger partial charge >= 0.3 is 6.18 Å². The summed E-state index contributed by atoms with van der Waals surface area (Å²) in [6.07, 6.45) is -4.30. The van der Waals surface area contributed by atoms with Crippen molar-refractivity contribution < 1.29 is 17.9 Å². The Hall–Kier alpha value is -0.590. The van der Waals surface area contributed by atoms with Crippen LogP contribution in [0.4, 0.5) is 13.2 Å². The third-order valence-corrected chi connectivity index (χ3v) is 3.94. The van der Waals surface area contributed by atoms with E-state index in [0.717, 1.165) is 9.75 Å². The summed E-state index contributed by atoms with van der Waals surface area (Å²) >= 11 is 1.52. The molecule has 1 rings (SSSR count). The number of nitrogens with two attached hydrogens (primary N) is 1. The van der Waals surface area contributed by atoms with E-state index in [0.29, 0.717) is 0 Å². The number of alkyl halides is 3. The average Bonchev–Trinajstić information content (AvgIpc) is 2.62. The van der Waals surface area contributed by atoms with Gasteiger partial charge in [-0.25, -0.2) is 0 Å². The maximum absolute atomic E-state index is 11.9. The molecule has 6 heteroatoms. The van der Waals surface area contributed by atoms with Gasteiger partial charge in [0.25, 0.3) is 0 Å². The van der Waals surface area contributed by atoms with Crippen LogP contribution < -0.4 is 5.73 Å². The molecule has 104 valence electrons. The molecule has 0 amide bonds. The van der Waals surface area contributed by atoms with Gasteiger partial charge in [-0.15, -0.1) is 11.3 Å². The lowest BCUT2D eigenvalue weighted by atomic mass is 9.95. The fourth-order valence-electron chi connectivity index (χ4n) is 1.34. The topological polar surface area (TPSA) is 35.2 Å². The molecule has 0 bridgehead atoms. The molecule has 0 saturated heterocycles. The van der Waals surface area contributed by atoms with Crippen LogP contribution in [0.5, 0.6) is 0 Å². The van der Waals surface area contributed by atoms with Crippen LogP contribution in [0.25, 0.3) is 0 Å². The van der Waals surface area contributed by atoms with Crippen molar-refractivity contribution >= 4 is 11.3 Å².